The standard InChI is InChI=1S/C16H22ClNO/c17-15-11-13(16(18)7-1-2-8-16)3-4-14(15)12-5-9-19-10-6-12/h3-4,11-12H,1-2,5-10,18H2. The molecule has 3 heteroatoms. The Balaban J connectivity index is 1.85. The zero-order chi connectivity index (χ0) is 13.3. The highest BCUT2D eigenvalue weighted by Crippen LogP contribution is 2.39. The SMILES string of the molecule is NC1(c2ccc(C3CCOCC3)c(Cl)c2)CCCC1. The molecule has 1 aliphatic heterocycles. The summed E-state index contributed by atoms with van der Waals surface area (Å²) in [5.41, 5.74) is 8.85. The summed E-state index contributed by atoms with van der Waals surface area (Å²) in [5.74, 6) is 0.549. The highest BCUT2D eigenvalue weighted by Gasteiger charge is 2.31. The molecule has 0 radical (unpaired) electrons. The van der Waals surface area contributed by atoms with Crippen molar-refractivity contribution in [3.8, 4) is 0 Å². The van der Waals surface area contributed by atoms with Crippen LogP contribution in [0, 0.1) is 0 Å². The highest BCUT2D eigenvalue weighted by atomic mass is 35.5. The first-order chi connectivity index (χ1) is 9.19. The van der Waals surface area contributed by atoms with E-state index in [-0.39, 0.29) is 5.54 Å². The summed E-state index contributed by atoms with van der Waals surface area (Å²) in [6.45, 7) is 1.70. The molecule has 104 valence electrons. The van der Waals surface area contributed by atoms with Gasteiger partial charge in [-0.05, 0) is 48.8 Å². The minimum atomic E-state index is -0.141. The smallest absolute Gasteiger partial charge is 0.0471 e. The Kier molecular flexibility index (Phi) is 3.84. The van der Waals surface area contributed by atoms with Crippen LogP contribution in [0.3, 0.4) is 0 Å². The van der Waals surface area contributed by atoms with Gasteiger partial charge in [0.25, 0.3) is 0 Å². The maximum Gasteiger partial charge on any atom is 0.0471 e. The van der Waals surface area contributed by atoms with Crippen LogP contribution in [-0.2, 0) is 10.3 Å². The fourth-order valence-corrected chi connectivity index (χ4v) is 3.81. The first-order valence-corrected chi connectivity index (χ1v) is 7.73. The number of hydrogen-bond acceptors (Lipinski definition) is 2. The van der Waals surface area contributed by atoms with E-state index >= 15 is 0 Å². The molecule has 2 nitrogen and oxygen atoms in total. The first-order valence-electron chi connectivity index (χ1n) is 7.36. The second-order valence-corrected chi connectivity index (χ2v) is 6.39. The van der Waals surface area contributed by atoms with Gasteiger partial charge >= 0.3 is 0 Å². The molecule has 1 aliphatic carbocycles. The quantitative estimate of drug-likeness (QED) is 0.889. The Bertz CT molecular complexity index is 448. The maximum absolute atomic E-state index is 6.51. The topological polar surface area (TPSA) is 35.2 Å². The van der Waals surface area contributed by atoms with Crippen LogP contribution < -0.4 is 5.73 Å². The lowest BCUT2D eigenvalue weighted by Crippen LogP contribution is -2.33. The lowest BCUT2D eigenvalue weighted by molar-refractivity contribution is 0.0853. The molecule has 2 aliphatic rings. The number of rotatable bonds is 2. The molecule has 3 rings (SSSR count). The van der Waals surface area contributed by atoms with E-state index in [1.54, 1.807) is 0 Å². The van der Waals surface area contributed by atoms with E-state index in [1.807, 2.05) is 0 Å². The number of nitrogens with two attached hydrogens (primary N) is 1. The lowest BCUT2D eigenvalue weighted by Gasteiger charge is -2.27. The van der Waals surface area contributed by atoms with Gasteiger partial charge in [0, 0.05) is 23.8 Å². The highest BCUT2D eigenvalue weighted by molar-refractivity contribution is 6.31. The molecule has 0 spiro atoms. The van der Waals surface area contributed by atoms with Crippen molar-refractivity contribution in [1.29, 1.82) is 0 Å². The summed E-state index contributed by atoms with van der Waals surface area (Å²) < 4.78 is 5.42. The summed E-state index contributed by atoms with van der Waals surface area (Å²) >= 11 is 6.51. The third-order valence-electron chi connectivity index (χ3n) is 4.73. The van der Waals surface area contributed by atoms with Crippen LogP contribution in [0.15, 0.2) is 18.2 Å². The molecule has 2 N–H and O–H groups in total. The third kappa shape index (κ3) is 2.67. The van der Waals surface area contributed by atoms with Crippen molar-refractivity contribution in [3.63, 3.8) is 0 Å². The van der Waals surface area contributed by atoms with Crippen LogP contribution in [0.1, 0.15) is 55.6 Å². The molecule has 0 unspecified atom stereocenters. The molecule has 0 amide bonds. The van der Waals surface area contributed by atoms with E-state index in [2.05, 4.69) is 18.2 Å². The zero-order valence-electron chi connectivity index (χ0n) is 11.3. The van der Waals surface area contributed by atoms with E-state index in [0.29, 0.717) is 5.92 Å². The van der Waals surface area contributed by atoms with E-state index in [0.717, 1.165) is 43.9 Å². The van der Waals surface area contributed by atoms with Crippen molar-refractivity contribution in [1.82, 2.24) is 0 Å². The van der Waals surface area contributed by atoms with Gasteiger partial charge in [0.1, 0.15) is 0 Å². The van der Waals surface area contributed by atoms with Crippen LogP contribution in [-0.4, -0.2) is 13.2 Å². The van der Waals surface area contributed by atoms with Crippen LogP contribution in [0.2, 0.25) is 5.02 Å². The molecule has 1 saturated carbocycles. The maximum atomic E-state index is 6.51. The Morgan fingerprint density at radius 1 is 1.16 bits per heavy atom. The first kappa shape index (κ1) is 13.4. The number of hydrogen-bond donors (Lipinski definition) is 1. The fraction of sp³-hybridized carbons (Fsp3) is 0.625. The van der Waals surface area contributed by atoms with E-state index in [9.17, 15) is 0 Å². The molecule has 1 saturated heterocycles. The van der Waals surface area contributed by atoms with Crippen LogP contribution >= 0.6 is 11.6 Å². The number of benzene rings is 1. The minimum absolute atomic E-state index is 0.141. The number of halogens is 1. The van der Waals surface area contributed by atoms with E-state index < -0.39 is 0 Å². The van der Waals surface area contributed by atoms with Gasteiger partial charge in [-0.15, -0.1) is 0 Å². The molecule has 1 aromatic rings. The largest absolute Gasteiger partial charge is 0.381 e. The molecule has 0 aromatic heterocycles. The summed E-state index contributed by atoms with van der Waals surface area (Å²) in [5, 5.41) is 0.890. The van der Waals surface area contributed by atoms with Gasteiger partial charge in [0.2, 0.25) is 0 Å². The molecular weight excluding hydrogens is 258 g/mol. The normalized spacial score (nSPS) is 23.7. The lowest BCUT2D eigenvalue weighted by atomic mass is 9.86. The predicted molar refractivity (Wildman–Crippen MR) is 78.6 cm³/mol. The molecule has 19 heavy (non-hydrogen) atoms. The second kappa shape index (κ2) is 5.43. The van der Waals surface area contributed by atoms with Crippen LogP contribution in [0.25, 0.3) is 0 Å². The Labute approximate surface area is 120 Å². The summed E-state index contributed by atoms with van der Waals surface area (Å²) in [4.78, 5) is 0. The average Bonchev–Trinajstić information content (AvgIpc) is 2.88. The Morgan fingerprint density at radius 2 is 1.84 bits per heavy atom. The Hall–Kier alpha value is -0.570. The van der Waals surface area contributed by atoms with Crippen molar-refractivity contribution in [2.45, 2.75) is 50.0 Å². The third-order valence-corrected chi connectivity index (χ3v) is 5.06. The fourth-order valence-electron chi connectivity index (χ4n) is 3.47. The van der Waals surface area contributed by atoms with Crippen molar-refractivity contribution >= 4 is 11.6 Å². The minimum Gasteiger partial charge on any atom is -0.381 e. The number of ether oxygens (including phenoxy) is 1. The predicted octanol–water partition coefficient (Wildman–Crippen LogP) is 3.96. The summed E-state index contributed by atoms with van der Waals surface area (Å²) in [7, 11) is 0. The molecule has 0 atom stereocenters. The van der Waals surface area contributed by atoms with E-state index in [1.165, 1.54) is 24.0 Å². The van der Waals surface area contributed by atoms with Gasteiger partial charge in [-0.1, -0.05) is 36.6 Å². The van der Waals surface area contributed by atoms with E-state index in [4.69, 9.17) is 22.1 Å². The van der Waals surface area contributed by atoms with Crippen LogP contribution in [0.4, 0.5) is 0 Å². The van der Waals surface area contributed by atoms with Crippen molar-refractivity contribution < 1.29 is 4.74 Å². The van der Waals surface area contributed by atoms with Crippen LogP contribution in [0.5, 0.6) is 0 Å². The molecule has 2 fully saturated rings. The molecule has 1 aromatic carbocycles. The van der Waals surface area contributed by atoms with Crippen molar-refractivity contribution in [3.05, 3.63) is 34.3 Å². The van der Waals surface area contributed by atoms with Gasteiger partial charge in [0.05, 0.1) is 0 Å². The van der Waals surface area contributed by atoms with Crippen molar-refractivity contribution in [2.75, 3.05) is 13.2 Å². The van der Waals surface area contributed by atoms with Gasteiger partial charge in [-0.3, -0.25) is 0 Å². The summed E-state index contributed by atoms with van der Waals surface area (Å²) in [6, 6.07) is 6.50. The average molecular weight is 280 g/mol. The van der Waals surface area contributed by atoms with Gasteiger partial charge < -0.3 is 10.5 Å². The molecule has 0 bridgehead atoms. The van der Waals surface area contributed by atoms with Gasteiger partial charge in [-0.2, -0.15) is 0 Å². The van der Waals surface area contributed by atoms with Crippen molar-refractivity contribution in [2.24, 2.45) is 5.73 Å². The van der Waals surface area contributed by atoms with Gasteiger partial charge in [-0.25, -0.2) is 0 Å². The molecule has 1 heterocycles. The summed E-state index contributed by atoms with van der Waals surface area (Å²) in [6.07, 6.45) is 6.78. The monoisotopic (exact) mass is 279 g/mol. The zero-order valence-corrected chi connectivity index (χ0v) is 12.1. The van der Waals surface area contributed by atoms with Gasteiger partial charge in [0.15, 0.2) is 0 Å². The Morgan fingerprint density at radius 3 is 2.47 bits per heavy atom. The second-order valence-electron chi connectivity index (χ2n) is 5.99. The molecular formula is C16H22ClNO.